The Bertz CT molecular complexity index is 869. The lowest BCUT2D eigenvalue weighted by molar-refractivity contribution is -0.127. The van der Waals surface area contributed by atoms with Gasteiger partial charge in [0.2, 0.25) is 5.91 Å². The number of nitrogens with zero attached hydrogens (tertiary/aromatic N) is 1. The highest BCUT2D eigenvalue weighted by molar-refractivity contribution is 7.90. The quantitative estimate of drug-likeness (QED) is 0.563. The molecule has 2 aliphatic rings. The molecule has 0 spiro atoms. The summed E-state index contributed by atoms with van der Waals surface area (Å²) in [6.45, 7) is 1.32. The van der Waals surface area contributed by atoms with E-state index in [2.05, 4.69) is 10.6 Å². The molecule has 1 aromatic carbocycles. The minimum absolute atomic E-state index is 0.0193. The first-order valence-corrected chi connectivity index (χ1v) is 11.4. The molecule has 2 heterocycles. The Morgan fingerprint density at radius 3 is 2.47 bits per heavy atom. The van der Waals surface area contributed by atoms with E-state index in [0.29, 0.717) is 31.9 Å². The van der Waals surface area contributed by atoms with Crippen molar-refractivity contribution in [2.75, 3.05) is 45.3 Å². The molecule has 2 fully saturated rings. The molecule has 0 aromatic heterocycles. The van der Waals surface area contributed by atoms with Gasteiger partial charge in [-0.05, 0) is 5.56 Å². The molecule has 0 aliphatic carbocycles. The number of nitrogens with one attached hydrogen (secondary N) is 2. The number of carbonyl (C=O) groups is 3. The zero-order valence-corrected chi connectivity index (χ0v) is 17.2. The zero-order chi connectivity index (χ0) is 21.6. The Morgan fingerprint density at radius 1 is 1.13 bits per heavy atom. The summed E-state index contributed by atoms with van der Waals surface area (Å²) in [6.07, 6.45) is 0. The van der Waals surface area contributed by atoms with E-state index in [4.69, 9.17) is 9.47 Å². The Kier molecular flexibility index (Phi) is 7.40. The first kappa shape index (κ1) is 22.2. The summed E-state index contributed by atoms with van der Waals surface area (Å²) in [7, 11) is -3.74. The Labute approximate surface area is 174 Å². The fraction of sp³-hybridized carbons (Fsp3) is 0.526. The number of ketones is 1. The highest BCUT2D eigenvalue weighted by atomic mass is 32.2. The number of rotatable bonds is 7. The van der Waals surface area contributed by atoms with Crippen molar-refractivity contribution in [2.45, 2.75) is 17.8 Å². The van der Waals surface area contributed by atoms with Crippen LogP contribution in [0.3, 0.4) is 0 Å². The number of morpholine rings is 1. The third-order valence-electron chi connectivity index (χ3n) is 4.80. The van der Waals surface area contributed by atoms with Gasteiger partial charge in [-0.25, -0.2) is 13.2 Å². The van der Waals surface area contributed by atoms with Crippen LogP contribution >= 0.6 is 0 Å². The molecule has 2 saturated heterocycles. The van der Waals surface area contributed by atoms with Gasteiger partial charge in [-0.3, -0.25) is 9.59 Å². The smallest absolute Gasteiger partial charge is 0.318 e. The fourth-order valence-corrected chi connectivity index (χ4v) is 4.76. The summed E-state index contributed by atoms with van der Waals surface area (Å²) in [5.74, 6) is -1.90. The fourth-order valence-electron chi connectivity index (χ4n) is 3.20. The van der Waals surface area contributed by atoms with Crippen LogP contribution in [-0.2, 0) is 34.7 Å². The maximum absolute atomic E-state index is 12.8. The molecule has 2 aliphatic heterocycles. The first-order chi connectivity index (χ1) is 14.3. The second kappa shape index (κ2) is 10.0. The van der Waals surface area contributed by atoms with Crippen molar-refractivity contribution in [3.05, 3.63) is 35.9 Å². The van der Waals surface area contributed by atoms with Gasteiger partial charge in [0.25, 0.3) is 0 Å². The Hall–Kier alpha value is -2.50. The number of benzene rings is 1. The van der Waals surface area contributed by atoms with E-state index in [0.717, 1.165) is 0 Å². The predicted molar refractivity (Wildman–Crippen MR) is 106 cm³/mol. The molecule has 11 heteroatoms. The second-order valence-corrected chi connectivity index (χ2v) is 9.29. The number of carbonyl (C=O) groups excluding carboxylic acids is 3. The van der Waals surface area contributed by atoms with Crippen LogP contribution in [0.25, 0.3) is 0 Å². The van der Waals surface area contributed by atoms with Crippen molar-refractivity contribution < 1.29 is 32.3 Å². The number of ether oxygens (including phenoxy) is 2. The predicted octanol–water partition coefficient (Wildman–Crippen LogP) is -0.904. The average Bonchev–Trinajstić information content (AvgIpc) is 3.12. The molecular formula is C19H25N3O7S. The Morgan fingerprint density at radius 2 is 1.83 bits per heavy atom. The van der Waals surface area contributed by atoms with E-state index in [-0.39, 0.29) is 24.7 Å². The third-order valence-corrected chi connectivity index (χ3v) is 6.41. The summed E-state index contributed by atoms with van der Waals surface area (Å²) in [4.78, 5) is 38.5. The van der Waals surface area contributed by atoms with Crippen LogP contribution in [0, 0.1) is 0 Å². The van der Waals surface area contributed by atoms with Crippen molar-refractivity contribution >= 4 is 27.6 Å². The molecule has 10 nitrogen and oxygen atoms in total. The lowest BCUT2D eigenvalue weighted by atomic mass is 10.2. The number of Topliss-reactive ketones (excluding diaryl/α,β-unsaturated/α-hetero) is 1. The number of hydrogen-bond acceptors (Lipinski definition) is 7. The minimum atomic E-state index is -3.74. The van der Waals surface area contributed by atoms with Crippen molar-refractivity contribution in [3.8, 4) is 0 Å². The lowest BCUT2D eigenvalue weighted by Gasteiger charge is -2.29. The van der Waals surface area contributed by atoms with E-state index in [1.54, 1.807) is 30.3 Å². The number of urea groups is 1. The van der Waals surface area contributed by atoms with Gasteiger partial charge in [0.1, 0.15) is 18.7 Å². The van der Waals surface area contributed by atoms with Gasteiger partial charge in [0, 0.05) is 13.1 Å². The van der Waals surface area contributed by atoms with Crippen molar-refractivity contribution in [1.29, 1.82) is 0 Å². The summed E-state index contributed by atoms with van der Waals surface area (Å²) >= 11 is 0. The van der Waals surface area contributed by atoms with Crippen LogP contribution in [0.1, 0.15) is 5.56 Å². The monoisotopic (exact) mass is 439 g/mol. The average molecular weight is 439 g/mol. The molecule has 3 rings (SSSR count). The summed E-state index contributed by atoms with van der Waals surface area (Å²) in [5.41, 5.74) is 0.579. The normalized spacial score (nSPS) is 20.6. The van der Waals surface area contributed by atoms with Gasteiger partial charge in [-0.1, -0.05) is 30.3 Å². The van der Waals surface area contributed by atoms with E-state index in [1.807, 2.05) is 0 Å². The topological polar surface area (TPSA) is 131 Å². The van der Waals surface area contributed by atoms with Crippen LogP contribution in [0.4, 0.5) is 4.79 Å². The number of sulfone groups is 1. The summed E-state index contributed by atoms with van der Waals surface area (Å²) in [6, 6.07) is 5.82. The molecule has 0 radical (unpaired) electrons. The third kappa shape index (κ3) is 6.25. The molecule has 164 valence electrons. The van der Waals surface area contributed by atoms with Gasteiger partial charge in [0.05, 0.1) is 31.3 Å². The highest BCUT2D eigenvalue weighted by Gasteiger charge is 2.33. The number of amides is 3. The van der Waals surface area contributed by atoms with Crippen molar-refractivity contribution in [1.82, 2.24) is 15.5 Å². The van der Waals surface area contributed by atoms with Gasteiger partial charge in [0.15, 0.2) is 15.6 Å². The molecule has 0 bridgehead atoms. The van der Waals surface area contributed by atoms with Crippen LogP contribution in [0.5, 0.6) is 0 Å². The molecule has 30 heavy (non-hydrogen) atoms. The van der Waals surface area contributed by atoms with Crippen LogP contribution in [0.15, 0.2) is 30.3 Å². The molecule has 3 amide bonds. The maximum atomic E-state index is 12.8. The van der Waals surface area contributed by atoms with E-state index in [1.165, 1.54) is 4.90 Å². The highest BCUT2D eigenvalue weighted by Crippen LogP contribution is 2.09. The van der Waals surface area contributed by atoms with Crippen LogP contribution < -0.4 is 10.6 Å². The second-order valence-electron chi connectivity index (χ2n) is 7.18. The molecule has 1 aromatic rings. The first-order valence-electron chi connectivity index (χ1n) is 9.62. The molecule has 1 unspecified atom stereocenters. The standard InChI is InChI=1S/C19H25N3O7S/c23-17-11-29-10-15(17)20-18(24)16(21-19(25)22-6-8-28-9-7-22)13-30(26,27)12-14-4-2-1-3-5-14/h1-5,15-16H,6-13H2,(H,20,24)(H,21,25)/t15?,16-/m0/s1. The number of hydrogen-bond donors (Lipinski definition) is 2. The van der Waals surface area contributed by atoms with Crippen LogP contribution in [0.2, 0.25) is 0 Å². The van der Waals surface area contributed by atoms with Gasteiger partial charge in [-0.15, -0.1) is 0 Å². The van der Waals surface area contributed by atoms with Gasteiger partial charge in [-0.2, -0.15) is 0 Å². The van der Waals surface area contributed by atoms with E-state index < -0.39 is 39.6 Å². The molecule has 0 saturated carbocycles. The molecule has 2 atom stereocenters. The largest absolute Gasteiger partial charge is 0.378 e. The summed E-state index contributed by atoms with van der Waals surface area (Å²) in [5, 5.41) is 4.99. The van der Waals surface area contributed by atoms with Gasteiger partial charge < -0.3 is 25.0 Å². The maximum Gasteiger partial charge on any atom is 0.318 e. The van der Waals surface area contributed by atoms with E-state index >= 15 is 0 Å². The van der Waals surface area contributed by atoms with Crippen LogP contribution in [-0.4, -0.2) is 88.4 Å². The zero-order valence-electron chi connectivity index (χ0n) is 16.4. The van der Waals surface area contributed by atoms with E-state index in [9.17, 15) is 22.8 Å². The molecular weight excluding hydrogens is 414 g/mol. The minimum Gasteiger partial charge on any atom is -0.378 e. The lowest BCUT2D eigenvalue weighted by Crippen LogP contribution is -2.57. The van der Waals surface area contributed by atoms with Crippen molar-refractivity contribution in [2.24, 2.45) is 0 Å². The summed E-state index contributed by atoms with van der Waals surface area (Å²) < 4.78 is 35.7. The SMILES string of the molecule is O=C1COCC1NC(=O)[C@H](CS(=O)(=O)Cc1ccccc1)NC(=O)N1CCOCC1. The Balaban J connectivity index is 1.71. The van der Waals surface area contributed by atoms with Gasteiger partial charge >= 0.3 is 6.03 Å². The molecule has 2 N–H and O–H groups in total. The van der Waals surface area contributed by atoms with Crippen molar-refractivity contribution in [3.63, 3.8) is 0 Å².